The second-order valence-electron chi connectivity index (χ2n) is 10.6. The Hall–Kier alpha value is -0.0400. The first-order valence-electron chi connectivity index (χ1n) is 10.6. The molecule has 4 saturated carbocycles. The lowest BCUT2D eigenvalue weighted by molar-refractivity contribution is -0.0389. The third-order valence-electron chi connectivity index (χ3n) is 9.62. The van der Waals surface area contributed by atoms with Gasteiger partial charge in [0.25, 0.3) is 0 Å². The van der Waals surface area contributed by atoms with Crippen molar-refractivity contribution in [3.05, 3.63) is 0 Å². The molecule has 0 bridgehead atoms. The molecule has 0 radical (unpaired) electrons. The second-order valence-corrected chi connectivity index (χ2v) is 10.6. The molecule has 0 aromatic heterocycles. The summed E-state index contributed by atoms with van der Waals surface area (Å²) in [7, 11) is 2.17. The molecule has 0 saturated heterocycles. The molecule has 1 heteroatoms. The molecule has 1 nitrogen and oxygen atoms in total. The first kappa shape index (κ1) is 16.4. The topological polar surface area (TPSA) is 12.0 Å². The molecule has 8 atom stereocenters. The molecule has 1 N–H and O–H groups in total. The zero-order valence-electron chi connectivity index (χ0n) is 16.2. The van der Waals surface area contributed by atoms with E-state index in [1.807, 2.05) is 0 Å². The molecule has 0 amide bonds. The van der Waals surface area contributed by atoms with Crippen LogP contribution in [0.3, 0.4) is 0 Å². The highest BCUT2D eigenvalue weighted by Gasteiger charge is 2.63. The van der Waals surface area contributed by atoms with Crippen LogP contribution in [0.15, 0.2) is 0 Å². The van der Waals surface area contributed by atoms with Gasteiger partial charge in [-0.3, -0.25) is 0 Å². The van der Waals surface area contributed by atoms with Gasteiger partial charge in [0.2, 0.25) is 0 Å². The number of nitrogens with one attached hydrogen (secondary N) is 1. The fourth-order valence-corrected chi connectivity index (χ4v) is 8.44. The summed E-state index contributed by atoms with van der Waals surface area (Å²) in [6.45, 7) is 10.4. The van der Waals surface area contributed by atoms with E-state index in [0.29, 0.717) is 10.8 Å². The molecule has 4 aliphatic rings. The van der Waals surface area contributed by atoms with E-state index in [2.05, 4.69) is 40.1 Å². The third kappa shape index (κ3) is 2.21. The molecule has 0 aliphatic heterocycles. The Bertz CT molecular complexity index is 457. The van der Waals surface area contributed by atoms with E-state index in [-0.39, 0.29) is 0 Å². The van der Waals surface area contributed by atoms with E-state index in [0.717, 1.165) is 41.5 Å². The quantitative estimate of drug-likeness (QED) is 0.709. The highest BCUT2D eigenvalue weighted by Crippen LogP contribution is 2.71. The van der Waals surface area contributed by atoms with E-state index in [1.165, 1.54) is 32.1 Å². The third-order valence-corrected chi connectivity index (χ3v) is 9.62. The molecule has 0 aromatic carbocycles. The summed E-state index contributed by atoms with van der Waals surface area (Å²) in [4.78, 5) is 0. The fraction of sp³-hybridized carbons (Fsp3) is 1.00. The smallest absolute Gasteiger partial charge is 0.00671 e. The van der Waals surface area contributed by atoms with Gasteiger partial charge in [-0.1, -0.05) is 27.7 Å². The molecule has 4 rings (SSSR count). The molecule has 23 heavy (non-hydrogen) atoms. The maximum absolute atomic E-state index is 3.58. The summed E-state index contributed by atoms with van der Waals surface area (Å²) >= 11 is 0. The van der Waals surface area contributed by atoms with Crippen molar-refractivity contribution in [3.8, 4) is 0 Å². The molecule has 8 unspecified atom stereocenters. The van der Waals surface area contributed by atoms with Crippen molar-refractivity contribution in [1.29, 1.82) is 0 Å². The van der Waals surface area contributed by atoms with Gasteiger partial charge < -0.3 is 5.32 Å². The largest absolute Gasteiger partial charge is 0.317 e. The molecule has 132 valence electrons. The first-order chi connectivity index (χ1) is 10.9. The van der Waals surface area contributed by atoms with Crippen LogP contribution >= 0.6 is 0 Å². The van der Waals surface area contributed by atoms with Crippen molar-refractivity contribution in [1.82, 2.24) is 5.32 Å². The van der Waals surface area contributed by atoms with Gasteiger partial charge in [-0.15, -0.1) is 0 Å². The van der Waals surface area contributed by atoms with E-state index >= 15 is 0 Å². The summed E-state index contributed by atoms with van der Waals surface area (Å²) in [5.74, 6) is 6.03. The SMILES string of the molecule is CNC1CCC2(C)C(CCC3C2CC2(C)C(C(C)C)CCC32)C1. The minimum atomic E-state index is 0.658. The van der Waals surface area contributed by atoms with Gasteiger partial charge in [0.1, 0.15) is 0 Å². The Kier molecular flexibility index (Phi) is 3.91. The number of rotatable bonds is 2. The van der Waals surface area contributed by atoms with Crippen LogP contribution in [0.5, 0.6) is 0 Å². The van der Waals surface area contributed by atoms with Gasteiger partial charge >= 0.3 is 0 Å². The molecular weight excluding hydrogens is 278 g/mol. The van der Waals surface area contributed by atoms with Crippen LogP contribution in [0.25, 0.3) is 0 Å². The van der Waals surface area contributed by atoms with E-state index in [1.54, 1.807) is 19.3 Å². The van der Waals surface area contributed by atoms with Crippen molar-refractivity contribution in [2.75, 3.05) is 7.05 Å². The molecule has 4 aliphatic carbocycles. The van der Waals surface area contributed by atoms with Crippen LogP contribution in [0.2, 0.25) is 0 Å². The zero-order valence-corrected chi connectivity index (χ0v) is 16.2. The van der Waals surface area contributed by atoms with Crippen LogP contribution in [-0.2, 0) is 0 Å². The van der Waals surface area contributed by atoms with Gasteiger partial charge in [-0.25, -0.2) is 0 Å². The Balaban J connectivity index is 1.61. The van der Waals surface area contributed by atoms with Crippen molar-refractivity contribution >= 4 is 0 Å². The predicted molar refractivity (Wildman–Crippen MR) is 98.3 cm³/mol. The molecule has 0 spiro atoms. The normalized spacial score (nSPS) is 55.6. The Labute approximate surface area is 144 Å². The van der Waals surface area contributed by atoms with Crippen molar-refractivity contribution in [2.45, 2.75) is 85.1 Å². The van der Waals surface area contributed by atoms with Gasteiger partial charge in [-0.2, -0.15) is 0 Å². The van der Waals surface area contributed by atoms with Crippen LogP contribution in [-0.4, -0.2) is 13.1 Å². The van der Waals surface area contributed by atoms with Crippen molar-refractivity contribution < 1.29 is 0 Å². The van der Waals surface area contributed by atoms with E-state index < -0.39 is 0 Å². The Morgan fingerprint density at radius 3 is 2.39 bits per heavy atom. The summed E-state index contributed by atoms with van der Waals surface area (Å²) < 4.78 is 0. The van der Waals surface area contributed by atoms with Gasteiger partial charge in [0.05, 0.1) is 0 Å². The summed E-state index contributed by atoms with van der Waals surface area (Å²) in [6.07, 6.45) is 12.0. The summed E-state index contributed by atoms with van der Waals surface area (Å²) in [6, 6.07) is 0.796. The van der Waals surface area contributed by atoms with E-state index in [4.69, 9.17) is 0 Å². The highest BCUT2D eigenvalue weighted by atomic mass is 14.9. The molecular formula is C22H39N. The van der Waals surface area contributed by atoms with Gasteiger partial charge in [0, 0.05) is 6.04 Å². The molecule has 0 aromatic rings. The Morgan fingerprint density at radius 1 is 0.913 bits per heavy atom. The standard InChI is InChI=1S/C22H39N/c1-14(2)18-8-9-19-17-7-6-15-12-16(23-5)10-11-21(15,3)20(17)13-22(18,19)4/h14-20,23H,6-13H2,1-5H3. The number of hydrogen-bond donors (Lipinski definition) is 1. The lowest BCUT2D eigenvalue weighted by atomic mass is 9.52. The lowest BCUT2D eigenvalue weighted by Crippen LogP contribution is -2.49. The highest BCUT2D eigenvalue weighted by molar-refractivity contribution is 5.13. The average molecular weight is 318 g/mol. The minimum absolute atomic E-state index is 0.658. The van der Waals surface area contributed by atoms with Crippen LogP contribution < -0.4 is 5.32 Å². The minimum Gasteiger partial charge on any atom is -0.317 e. The van der Waals surface area contributed by atoms with Crippen LogP contribution in [0, 0.1) is 46.3 Å². The van der Waals surface area contributed by atoms with Gasteiger partial charge in [0.15, 0.2) is 0 Å². The van der Waals surface area contributed by atoms with Crippen molar-refractivity contribution in [3.63, 3.8) is 0 Å². The average Bonchev–Trinajstić information content (AvgIpc) is 2.99. The summed E-state index contributed by atoms with van der Waals surface area (Å²) in [5.41, 5.74) is 1.33. The number of fused-ring (bicyclic) bond motifs is 5. The van der Waals surface area contributed by atoms with Crippen LogP contribution in [0.4, 0.5) is 0 Å². The van der Waals surface area contributed by atoms with Crippen molar-refractivity contribution in [2.24, 2.45) is 46.3 Å². The first-order valence-corrected chi connectivity index (χ1v) is 10.6. The maximum atomic E-state index is 3.58. The molecule has 0 heterocycles. The van der Waals surface area contributed by atoms with E-state index in [9.17, 15) is 0 Å². The predicted octanol–water partition coefficient (Wildman–Crippen LogP) is 5.50. The fourth-order valence-electron chi connectivity index (χ4n) is 8.44. The second kappa shape index (κ2) is 5.48. The maximum Gasteiger partial charge on any atom is 0.00671 e. The molecule has 4 fully saturated rings. The number of hydrogen-bond acceptors (Lipinski definition) is 1. The summed E-state index contributed by atoms with van der Waals surface area (Å²) in [5, 5.41) is 3.58. The Morgan fingerprint density at radius 2 is 1.70 bits per heavy atom. The van der Waals surface area contributed by atoms with Crippen LogP contribution in [0.1, 0.15) is 79.1 Å². The monoisotopic (exact) mass is 317 g/mol. The van der Waals surface area contributed by atoms with Gasteiger partial charge in [-0.05, 0) is 105 Å². The zero-order chi connectivity index (χ0) is 16.4. The lowest BCUT2D eigenvalue weighted by Gasteiger charge is -2.54.